The highest BCUT2D eigenvalue weighted by Gasteiger charge is 2.20. The first-order valence-corrected chi connectivity index (χ1v) is 12.1. The summed E-state index contributed by atoms with van der Waals surface area (Å²) in [6.45, 7) is 8.77. The number of hydrogen-bond acceptors (Lipinski definition) is 9. The Morgan fingerprint density at radius 1 is 1.03 bits per heavy atom. The van der Waals surface area contributed by atoms with Crippen molar-refractivity contribution in [3.05, 3.63) is 59.5 Å². The molecule has 2 N–H and O–H groups in total. The molecule has 4 heterocycles. The van der Waals surface area contributed by atoms with Gasteiger partial charge in [0.2, 0.25) is 0 Å². The summed E-state index contributed by atoms with van der Waals surface area (Å²) >= 11 is 1.64. The largest absolute Gasteiger partial charge is 0.497 e. The van der Waals surface area contributed by atoms with Crippen LogP contribution in [0.15, 0.2) is 42.6 Å². The molecule has 0 bridgehead atoms. The van der Waals surface area contributed by atoms with Crippen molar-refractivity contribution in [3.8, 4) is 16.5 Å². The van der Waals surface area contributed by atoms with E-state index in [1.807, 2.05) is 44.3 Å². The number of thiazole rings is 1. The molecule has 1 saturated heterocycles. The minimum absolute atomic E-state index is 0.677. The van der Waals surface area contributed by atoms with Crippen molar-refractivity contribution < 1.29 is 4.74 Å². The standard InChI is InChI=1S/C24H28N8OS/c1-16-12-21(27-22-13-17(2)29-30-22)28-23(26-16)20-14-25-24(34-20)32-10-8-31(9-11-32)15-18-4-6-19(33-3)7-5-18/h4-7,12-14H,8-11,15H2,1-3H3,(H2,26,27,28,29,30). The van der Waals surface area contributed by atoms with Gasteiger partial charge in [0.15, 0.2) is 16.8 Å². The van der Waals surface area contributed by atoms with Gasteiger partial charge in [-0.2, -0.15) is 5.10 Å². The van der Waals surface area contributed by atoms with Crippen LogP contribution in [0.5, 0.6) is 5.75 Å². The Morgan fingerprint density at radius 3 is 2.53 bits per heavy atom. The van der Waals surface area contributed by atoms with Gasteiger partial charge in [0.25, 0.3) is 0 Å². The van der Waals surface area contributed by atoms with Gasteiger partial charge in [0.05, 0.1) is 18.2 Å². The summed E-state index contributed by atoms with van der Waals surface area (Å²) < 4.78 is 5.25. The number of H-pyrrole nitrogens is 1. The molecule has 1 fully saturated rings. The average Bonchev–Trinajstić information content (AvgIpc) is 3.49. The van der Waals surface area contributed by atoms with E-state index in [9.17, 15) is 0 Å². The van der Waals surface area contributed by atoms with E-state index in [2.05, 4.69) is 47.4 Å². The van der Waals surface area contributed by atoms with Crippen molar-refractivity contribution in [3.63, 3.8) is 0 Å². The number of aromatic nitrogens is 5. The van der Waals surface area contributed by atoms with E-state index in [1.165, 1.54) is 5.56 Å². The third-order valence-electron chi connectivity index (χ3n) is 5.74. The molecule has 0 atom stereocenters. The molecule has 3 aromatic heterocycles. The number of nitrogens with one attached hydrogen (secondary N) is 2. The third-order valence-corrected chi connectivity index (χ3v) is 6.79. The summed E-state index contributed by atoms with van der Waals surface area (Å²) in [7, 11) is 1.70. The molecule has 10 heteroatoms. The highest BCUT2D eigenvalue weighted by atomic mass is 32.1. The molecule has 34 heavy (non-hydrogen) atoms. The van der Waals surface area contributed by atoms with Crippen molar-refractivity contribution in [1.29, 1.82) is 0 Å². The van der Waals surface area contributed by atoms with Crippen molar-refractivity contribution in [2.45, 2.75) is 20.4 Å². The minimum atomic E-state index is 0.677. The van der Waals surface area contributed by atoms with Crippen LogP contribution in [0.4, 0.5) is 16.8 Å². The van der Waals surface area contributed by atoms with Crippen molar-refractivity contribution in [1.82, 2.24) is 30.0 Å². The van der Waals surface area contributed by atoms with Crippen LogP contribution in [0.1, 0.15) is 17.0 Å². The molecule has 0 amide bonds. The molecule has 0 saturated carbocycles. The summed E-state index contributed by atoms with van der Waals surface area (Å²) in [4.78, 5) is 19.8. The van der Waals surface area contributed by atoms with E-state index >= 15 is 0 Å². The van der Waals surface area contributed by atoms with Gasteiger partial charge >= 0.3 is 0 Å². The summed E-state index contributed by atoms with van der Waals surface area (Å²) in [5.74, 6) is 3.02. The van der Waals surface area contributed by atoms with Crippen LogP contribution >= 0.6 is 11.3 Å². The Bertz CT molecular complexity index is 1240. The number of anilines is 3. The van der Waals surface area contributed by atoms with Crippen LogP contribution in [0, 0.1) is 13.8 Å². The lowest BCUT2D eigenvalue weighted by molar-refractivity contribution is 0.249. The Labute approximate surface area is 202 Å². The van der Waals surface area contributed by atoms with E-state index < -0.39 is 0 Å². The second kappa shape index (κ2) is 9.78. The van der Waals surface area contributed by atoms with Crippen molar-refractivity contribution in [2.24, 2.45) is 0 Å². The predicted octanol–water partition coefficient (Wildman–Crippen LogP) is 4.01. The number of piperazine rings is 1. The van der Waals surface area contributed by atoms with E-state index in [-0.39, 0.29) is 0 Å². The number of aromatic amines is 1. The number of methoxy groups -OCH3 is 1. The van der Waals surface area contributed by atoms with Gasteiger partial charge in [-0.25, -0.2) is 15.0 Å². The van der Waals surface area contributed by atoms with E-state index in [0.29, 0.717) is 5.82 Å². The smallest absolute Gasteiger partial charge is 0.186 e. The van der Waals surface area contributed by atoms with Crippen molar-refractivity contribution in [2.75, 3.05) is 43.5 Å². The number of benzene rings is 1. The van der Waals surface area contributed by atoms with Gasteiger partial charge in [-0.15, -0.1) is 0 Å². The Kier molecular flexibility index (Phi) is 6.41. The van der Waals surface area contributed by atoms with Gasteiger partial charge in [0.1, 0.15) is 11.6 Å². The zero-order chi connectivity index (χ0) is 23.5. The fourth-order valence-corrected chi connectivity index (χ4v) is 4.86. The molecule has 1 aliphatic heterocycles. The molecule has 4 aromatic rings. The summed E-state index contributed by atoms with van der Waals surface area (Å²) in [5.41, 5.74) is 3.18. The van der Waals surface area contributed by atoms with Crippen LogP contribution < -0.4 is 15.0 Å². The molecule has 176 valence electrons. The van der Waals surface area contributed by atoms with E-state index in [4.69, 9.17) is 9.72 Å². The topological polar surface area (TPSA) is 95.1 Å². The van der Waals surface area contributed by atoms with Crippen LogP contribution in [0.25, 0.3) is 10.7 Å². The maximum atomic E-state index is 5.25. The Morgan fingerprint density at radius 2 is 1.82 bits per heavy atom. The monoisotopic (exact) mass is 476 g/mol. The first-order chi connectivity index (χ1) is 16.6. The van der Waals surface area contributed by atoms with E-state index in [0.717, 1.165) is 71.5 Å². The molecular weight excluding hydrogens is 448 g/mol. The first kappa shape index (κ1) is 22.3. The molecule has 5 rings (SSSR count). The number of ether oxygens (including phenoxy) is 1. The molecule has 0 aliphatic carbocycles. The van der Waals surface area contributed by atoms with Crippen LogP contribution in [-0.4, -0.2) is 63.3 Å². The second-order valence-electron chi connectivity index (χ2n) is 8.40. The van der Waals surface area contributed by atoms with Crippen LogP contribution in [0.2, 0.25) is 0 Å². The fraction of sp³-hybridized carbons (Fsp3) is 0.333. The number of hydrogen-bond donors (Lipinski definition) is 2. The predicted molar refractivity (Wildman–Crippen MR) is 135 cm³/mol. The molecule has 0 spiro atoms. The highest BCUT2D eigenvalue weighted by molar-refractivity contribution is 7.18. The molecule has 1 aromatic carbocycles. The SMILES string of the molecule is COc1ccc(CN2CCN(c3ncc(-c4nc(C)cc(Nc5cc(C)[nH]n5)n4)s3)CC2)cc1. The zero-order valence-corrected chi connectivity index (χ0v) is 20.4. The highest BCUT2D eigenvalue weighted by Crippen LogP contribution is 2.31. The molecule has 0 unspecified atom stereocenters. The molecule has 9 nitrogen and oxygen atoms in total. The summed E-state index contributed by atoms with van der Waals surface area (Å²) in [6.07, 6.45) is 1.88. The number of aryl methyl sites for hydroxylation is 2. The van der Waals surface area contributed by atoms with Gasteiger partial charge in [-0.1, -0.05) is 23.5 Å². The zero-order valence-electron chi connectivity index (χ0n) is 19.6. The Hall–Kier alpha value is -3.50. The quantitative estimate of drug-likeness (QED) is 0.413. The maximum Gasteiger partial charge on any atom is 0.186 e. The third kappa shape index (κ3) is 5.18. The molecular formula is C24H28N8OS. The van der Waals surface area contributed by atoms with Gasteiger partial charge in [-0.05, 0) is 31.5 Å². The van der Waals surface area contributed by atoms with Crippen LogP contribution in [-0.2, 0) is 6.54 Å². The second-order valence-corrected chi connectivity index (χ2v) is 9.41. The molecule has 0 radical (unpaired) electrons. The summed E-state index contributed by atoms with van der Waals surface area (Å²) in [6, 6.07) is 12.2. The minimum Gasteiger partial charge on any atom is -0.497 e. The Balaban J connectivity index is 1.22. The van der Waals surface area contributed by atoms with Gasteiger partial charge < -0.3 is 15.0 Å². The lowest BCUT2D eigenvalue weighted by Crippen LogP contribution is -2.45. The maximum absolute atomic E-state index is 5.25. The van der Waals surface area contributed by atoms with Crippen LogP contribution in [0.3, 0.4) is 0 Å². The normalized spacial score (nSPS) is 14.4. The van der Waals surface area contributed by atoms with Gasteiger partial charge in [-0.3, -0.25) is 10.00 Å². The summed E-state index contributed by atoms with van der Waals surface area (Å²) in [5, 5.41) is 11.4. The lowest BCUT2D eigenvalue weighted by Gasteiger charge is -2.34. The number of rotatable bonds is 7. The molecule has 1 aliphatic rings. The lowest BCUT2D eigenvalue weighted by atomic mass is 10.2. The fourth-order valence-electron chi connectivity index (χ4n) is 3.96. The van der Waals surface area contributed by atoms with Crippen molar-refractivity contribution >= 4 is 28.1 Å². The number of nitrogens with zero attached hydrogens (tertiary/aromatic N) is 6. The first-order valence-electron chi connectivity index (χ1n) is 11.3. The van der Waals surface area contributed by atoms with Gasteiger partial charge in [0, 0.05) is 56.2 Å². The van der Waals surface area contributed by atoms with E-state index in [1.54, 1.807) is 18.4 Å². The average molecular weight is 477 g/mol.